The molecule has 0 saturated heterocycles. The molecule has 1 fully saturated rings. The molecular formula is C29H29Cl2FN4O. The zero-order valence-corrected chi connectivity index (χ0v) is 22.2. The number of rotatable bonds is 5. The van der Waals surface area contributed by atoms with Gasteiger partial charge in [-0.05, 0) is 61.2 Å². The molecule has 0 spiro atoms. The molecule has 4 aromatic rings. The van der Waals surface area contributed by atoms with Gasteiger partial charge in [-0.1, -0.05) is 42.1 Å². The van der Waals surface area contributed by atoms with E-state index in [4.69, 9.17) is 33.7 Å². The van der Waals surface area contributed by atoms with E-state index in [1.807, 2.05) is 6.07 Å². The number of aromatic nitrogens is 2. The van der Waals surface area contributed by atoms with Gasteiger partial charge in [-0.25, -0.2) is 9.37 Å². The number of pyridine rings is 1. The Balaban J connectivity index is 1.31. The highest BCUT2D eigenvalue weighted by Crippen LogP contribution is 2.38. The second-order valence-electron chi connectivity index (χ2n) is 10.1. The summed E-state index contributed by atoms with van der Waals surface area (Å²) in [6.07, 6.45) is 7.49. The van der Waals surface area contributed by atoms with E-state index in [0.29, 0.717) is 22.4 Å². The van der Waals surface area contributed by atoms with Crippen molar-refractivity contribution in [2.24, 2.45) is 0 Å². The average molecular weight is 539 g/mol. The lowest BCUT2D eigenvalue weighted by Gasteiger charge is -2.32. The maximum Gasteiger partial charge on any atom is 0.166 e. The van der Waals surface area contributed by atoms with Crippen LogP contribution in [0, 0.1) is 5.82 Å². The van der Waals surface area contributed by atoms with Gasteiger partial charge >= 0.3 is 0 Å². The molecule has 3 N–H and O–H groups in total. The van der Waals surface area contributed by atoms with Gasteiger partial charge in [-0.15, -0.1) is 0 Å². The van der Waals surface area contributed by atoms with Gasteiger partial charge < -0.3 is 15.5 Å². The van der Waals surface area contributed by atoms with E-state index in [1.165, 1.54) is 54.5 Å². The standard InChI is InChI=1S/C29H29Cl2FN4O/c1-16(27-22(30)7-8-23(32)28(27)31)37-26-13-18(14-34-29(26)33)17-6-9-24-20(12-17)21-15-36(11-10-25(21)35-24)19-4-2-3-5-19/h6-9,12-14,16,19,35H,2-5,10-11,15H2,1H3,(H2,33,34)/t16-/m1/s1. The van der Waals surface area contributed by atoms with E-state index < -0.39 is 11.9 Å². The van der Waals surface area contributed by atoms with E-state index in [9.17, 15) is 4.39 Å². The second-order valence-corrected chi connectivity index (χ2v) is 10.9. The lowest BCUT2D eigenvalue weighted by atomic mass is 9.99. The summed E-state index contributed by atoms with van der Waals surface area (Å²) >= 11 is 12.5. The van der Waals surface area contributed by atoms with Gasteiger partial charge in [0.15, 0.2) is 11.6 Å². The monoisotopic (exact) mass is 538 g/mol. The Kier molecular flexibility index (Phi) is 6.51. The second kappa shape index (κ2) is 9.82. The maximum absolute atomic E-state index is 14.1. The molecule has 1 atom stereocenters. The first-order valence-corrected chi connectivity index (χ1v) is 13.6. The van der Waals surface area contributed by atoms with Gasteiger partial charge in [0, 0.05) is 64.5 Å². The molecule has 0 bridgehead atoms. The van der Waals surface area contributed by atoms with Gasteiger partial charge in [0.25, 0.3) is 0 Å². The molecule has 5 nitrogen and oxygen atoms in total. The van der Waals surface area contributed by atoms with Crippen LogP contribution in [0.4, 0.5) is 10.2 Å². The zero-order valence-electron chi connectivity index (χ0n) is 20.7. The number of halogens is 3. The number of anilines is 1. The summed E-state index contributed by atoms with van der Waals surface area (Å²) in [5.41, 5.74) is 12.3. The topological polar surface area (TPSA) is 67.2 Å². The number of hydrogen-bond donors (Lipinski definition) is 2. The Hall–Kier alpha value is -2.80. The van der Waals surface area contributed by atoms with Gasteiger partial charge in [-0.2, -0.15) is 0 Å². The third-order valence-electron chi connectivity index (χ3n) is 7.85. The number of hydrogen-bond acceptors (Lipinski definition) is 4. The van der Waals surface area contributed by atoms with Crippen LogP contribution in [0.15, 0.2) is 42.6 Å². The number of nitrogens with one attached hydrogen (secondary N) is 1. The molecule has 6 rings (SSSR count). The highest BCUT2D eigenvalue weighted by atomic mass is 35.5. The molecule has 2 aromatic carbocycles. The summed E-state index contributed by atoms with van der Waals surface area (Å²) in [5.74, 6) is 0.0857. The smallest absolute Gasteiger partial charge is 0.166 e. The van der Waals surface area contributed by atoms with E-state index in [1.54, 1.807) is 13.1 Å². The predicted molar refractivity (Wildman–Crippen MR) is 148 cm³/mol. The number of aromatic amines is 1. The minimum absolute atomic E-state index is 0.0583. The number of nitrogen functional groups attached to an aromatic ring is 1. The third kappa shape index (κ3) is 4.56. The van der Waals surface area contributed by atoms with E-state index in [-0.39, 0.29) is 10.8 Å². The summed E-state index contributed by atoms with van der Waals surface area (Å²) in [6, 6.07) is 11.7. The van der Waals surface area contributed by atoms with Crippen molar-refractivity contribution >= 4 is 39.9 Å². The normalized spacial score (nSPS) is 17.3. The first-order valence-electron chi connectivity index (χ1n) is 12.8. The molecule has 0 amide bonds. The molecule has 1 aliphatic heterocycles. The highest BCUT2D eigenvalue weighted by Gasteiger charge is 2.28. The van der Waals surface area contributed by atoms with E-state index >= 15 is 0 Å². The van der Waals surface area contributed by atoms with Crippen LogP contribution in [0.1, 0.15) is 55.5 Å². The molecule has 3 heterocycles. The van der Waals surface area contributed by atoms with Crippen LogP contribution < -0.4 is 10.5 Å². The summed E-state index contributed by atoms with van der Waals surface area (Å²) < 4.78 is 20.2. The molecule has 2 aliphatic rings. The molecule has 2 aromatic heterocycles. The fourth-order valence-corrected chi connectivity index (χ4v) is 6.55. The molecular weight excluding hydrogens is 510 g/mol. The van der Waals surface area contributed by atoms with Gasteiger partial charge in [0.05, 0.1) is 5.02 Å². The van der Waals surface area contributed by atoms with Crippen LogP contribution in [0.5, 0.6) is 5.75 Å². The average Bonchev–Trinajstić information content (AvgIpc) is 3.55. The van der Waals surface area contributed by atoms with Crippen LogP contribution in [-0.2, 0) is 13.0 Å². The Morgan fingerprint density at radius 1 is 1.14 bits per heavy atom. The number of H-pyrrole nitrogens is 1. The fourth-order valence-electron chi connectivity index (χ4n) is 5.87. The van der Waals surface area contributed by atoms with Crippen LogP contribution >= 0.6 is 23.2 Å². The SMILES string of the molecule is C[C@@H](Oc1cc(-c2ccc3[nH]c4c(c3c2)CN(C2CCCC2)CC4)cnc1N)c1c(Cl)ccc(F)c1Cl. The molecule has 1 saturated carbocycles. The first-order chi connectivity index (χ1) is 17.9. The molecule has 37 heavy (non-hydrogen) atoms. The van der Waals surface area contributed by atoms with Gasteiger partial charge in [-0.3, -0.25) is 4.90 Å². The third-order valence-corrected chi connectivity index (χ3v) is 8.56. The largest absolute Gasteiger partial charge is 0.482 e. The quantitative estimate of drug-likeness (QED) is 0.255. The van der Waals surface area contributed by atoms with Crippen LogP contribution in [-0.4, -0.2) is 27.5 Å². The fraction of sp³-hybridized carbons (Fsp3) is 0.345. The van der Waals surface area contributed by atoms with Crippen molar-refractivity contribution in [1.29, 1.82) is 0 Å². The van der Waals surface area contributed by atoms with Crippen molar-refractivity contribution in [3.8, 4) is 16.9 Å². The van der Waals surface area contributed by atoms with Crippen LogP contribution in [0.2, 0.25) is 10.0 Å². The van der Waals surface area contributed by atoms with Gasteiger partial charge in [0.2, 0.25) is 0 Å². The zero-order chi connectivity index (χ0) is 25.7. The number of nitrogens with zero attached hydrogens (tertiary/aromatic N) is 2. The Labute approximate surface area is 225 Å². The number of nitrogens with two attached hydrogens (primary N) is 1. The van der Waals surface area contributed by atoms with Crippen molar-refractivity contribution in [1.82, 2.24) is 14.9 Å². The summed E-state index contributed by atoms with van der Waals surface area (Å²) in [6.45, 7) is 3.87. The number of fused-ring (bicyclic) bond motifs is 3. The molecule has 8 heteroatoms. The van der Waals surface area contributed by atoms with Crippen molar-refractivity contribution < 1.29 is 9.13 Å². The molecule has 0 radical (unpaired) electrons. The minimum Gasteiger partial charge on any atom is -0.482 e. The molecule has 1 aliphatic carbocycles. The molecule has 0 unspecified atom stereocenters. The maximum atomic E-state index is 14.1. The Morgan fingerprint density at radius 2 is 1.95 bits per heavy atom. The van der Waals surface area contributed by atoms with Crippen molar-refractivity contribution in [2.75, 3.05) is 12.3 Å². The van der Waals surface area contributed by atoms with E-state index in [2.05, 4.69) is 33.1 Å². The summed E-state index contributed by atoms with van der Waals surface area (Å²) in [5, 5.41) is 1.52. The number of benzene rings is 2. The van der Waals surface area contributed by atoms with Crippen molar-refractivity contribution in [2.45, 2.75) is 57.7 Å². The lowest BCUT2D eigenvalue weighted by molar-refractivity contribution is 0.181. The van der Waals surface area contributed by atoms with Gasteiger partial charge in [0.1, 0.15) is 11.9 Å². The molecule has 192 valence electrons. The summed E-state index contributed by atoms with van der Waals surface area (Å²) in [4.78, 5) is 10.7. The number of ether oxygens (including phenoxy) is 1. The van der Waals surface area contributed by atoms with Crippen molar-refractivity contribution in [3.63, 3.8) is 0 Å². The highest BCUT2D eigenvalue weighted by molar-refractivity contribution is 6.36. The van der Waals surface area contributed by atoms with Crippen LogP contribution in [0.25, 0.3) is 22.0 Å². The Bertz CT molecular complexity index is 1480. The van der Waals surface area contributed by atoms with Crippen LogP contribution in [0.3, 0.4) is 0 Å². The Morgan fingerprint density at radius 3 is 2.76 bits per heavy atom. The van der Waals surface area contributed by atoms with Crippen molar-refractivity contribution in [3.05, 3.63) is 75.3 Å². The minimum atomic E-state index is -0.629. The first kappa shape index (κ1) is 24.5. The lowest BCUT2D eigenvalue weighted by Crippen LogP contribution is -2.37. The predicted octanol–water partition coefficient (Wildman–Crippen LogP) is 7.70. The summed E-state index contributed by atoms with van der Waals surface area (Å²) in [7, 11) is 0. The van der Waals surface area contributed by atoms with E-state index in [0.717, 1.165) is 36.2 Å².